The fourth-order valence-corrected chi connectivity index (χ4v) is 6.09. The van der Waals surface area contributed by atoms with E-state index in [9.17, 15) is 4.39 Å². The lowest BCUT2D eigenvalue weighted by atomic mass is 9.77. The molecule has 1 aliphatic carbocycles. The number of benzene rings is 5. The zero-order chi connectivity index (χ0) is 26.9. The molecule has 0 amide bonds. The van der Waals surface area contributed by atoms with E-state index in [2.05, 4.69) is 78.1 Å². The molecule has 2 aliphatic rings. The highest BCUT2D eigenvalue weighted by Crippen LogP contribution is 2.49. The predicted molar refractivity (Wildman–Crippen MR) is 161 cm³/mol. The van der Waals surface area contributed by atoms with E-state index >= 15 is 0 Å². The van der Waals surface area contributed by atoms with E-state index < -0.39 is 0 Å². The van der Waals surface area contributed by atoms with Gasteiger partial charge in [-0.25, -0.2) is 4.39 Å². The number of halogens is 1. The van der Waals surface area contributed by atoms with Gasteiger partial charge in [0, 0.05) is 28.9 Å². The van der Waals surface area contributed by atoms with Crippen LogP contribution >= 0.6 is 0 Å². The van der Waals surface area contributed by atoms with Gasteiger partial charge in [-0.3, -0.25) is 4.99 Å². The fourth-order valence-electron chi connectivity index (χ4n) is 6.09. The molecule has 0 aromatic heterocycles. The summed E-state index contributed by atoms with van der Waals surface area (Å²) in [6, 6.07) is 36.3. The number of nitrogens with zero attached hydrogens (tertiary/aromatic N) is 1. The number of anilines is 1. The average molecular weight is 525 g/mol. The number of nitrogens with one attached hydrogen (secondary N) is 1. The molecule has 4 heteroatoms. The van der Waals surface area contributed by atoms with Gasteiger partial charge in [-0.15, -0.1) is 0 Å². The summed E-state index contributed by atoms with van der Waals surface area (Å²) in [6.45, 7) is 0.148. The van der Waals surface area contributed by atoms with Crippen LogP contribution in [0.15, 0.2) is 126 Å². The molecule has 0 unspecified atom stereocenters. The van der Waals surface area contributed by atoms with Crippen LogP contribution in [-0.2, 0) is 6.61 Å². The second-order valence-electron chi connectivity index (χ2n) is 10.5. The molecule has 1 heterocycles. The number of rotatable bonds is 6. The summed E-state index contributed by atoms with van der Waals surface area (Å²) in [7, 11) is 0. The maximum Gasteiger partial charge on any atom is 0.129 e. The molecule has 196 valence electrons. The van der Waals surface area contributed by atoms with Crippen molar-refractivity contribution in [3.05, 3.63) is 149 Å². The SMILES string of the molecule is Fc1ccccc1COc1ccc2ccccc2c1C=Nc1ccc([C@@H]2Nc3ccccc3[C@@H]3C=CC[C@H]32)cc1. The second-order valence-corrected chi connectivity index (χ2v) is 10.5. The molecule has 5 aromatic rings. The Morgan fingerprint density at radius 2 is 1.65 bits per heavy atom. The van der Waals surface area contributed by atoms with Crippen molar-refractivity contribution in [2.75, 3.05) is 5.32 Å². The maximum atomic E-state index is 14.2. The summed E-state index contributed by atoms with van der Waals surface area (Å²) in [4.78, 5) is 4.84. The van der Waals surface area contributed by atoms with Crippen molar-refractivity contribution in [3.8, 4) is 5.75 Å². The zero-order valence-electron chi connectivity index (χ0n) is 22.0. The van der Waals surface area contributed by atoms with Crippen molar-refractivity contribution in [2.24, 2.45) is 10.9 Å². The maximum absolute atomic E-state index is 14.2. The number of allylic oxidation sites excluding steroid dienone is 2. The van der Waals surface area contributed by atoms with Crippen molar-refractivity contribution in [1.29, 1.82) is 0 Å². The van der Waals surface area contributed by atoms with Crippen molar-refractivity contribution in [1.82, 2.24) is 0 Å². The Morgan fingerprint density at radius 3 is 2.55 bits per heavy atom. The molecule has 5 aromatic carbocycles. The third-order valence-electron chi connectivity index (χ3n) is 8.14. The third-order valence-corrected chi connectivity index (χ3v) is 8.14. The number of fused-ring (bicyclic) bond motifs is 4. The minimum Gasteiger partial charge on any atom is -0.488 e. The molecular formula is C36H29FN2O. The van der Waals surface area contributed by atoms with Gasteiger partial charge < -0.3 is 10.1 Å². The number of hydrogen-bond donors (Lipinski definition) is 1. The molecule has 0 fully saturated rings. The second kappa shape index (κ2) is 10.5. The lowest BCUT2D eigenvalue weighted by Crippen LogP contribution is -2.28. The van der Waals surface area contributed by atoms with E-state index in [1.165, 1.54) is 22.9 Å². The van der Waals surface area contributed by atoms with E-state index in [0.717, 1.165) is 28.4 Å². The first-order valence-corrected chi connectivity index (χ1v) is 13.8. The first-order chi connectivity index (χ1) is 19.7. The standard InChI is InChI=1S/C36H29FN2O/c37-33-14-5-2-9-26(33)23-40-35-21-18-24-8-1-3-10-28(24)32(35)22-38-27-19-16-25(17-20-27)36-31-13-7-12-29(31)30-11-4-6-15-34(30)39-36/h1-12,14-22,29,31,36,39H,13,23H2/t29-,31+,36-/m0/s1. The molecule has 7 rings (SSSR count). The molecule has 0 spiro atoms. The Hall–Kier alpha value is -4.70. The highest BCUT2D eigenvalue weighted by Gasteiger charge is 2.37. The van der Waals surface area contributed by atoms with Gasteiger partial charge in [0.2, 0.25) is 0 Å². The van der Waals surface area contributed by atoms with Gasteiger partial charge in [0.05, 0.1) is 11.7 Å². The highest BCUT2D eigenvalue weighted by atomic mass is 19.1. The average Bonchev–Trinajstić information content (AvgIpc) is 3.50. The first kappa shape index (κ1) is 24.3. The summed E-state index contributed by atoms with van der Waals surface area (Å²) in [5.74, 6) is 1.37. The summed E-state index contributed by atoms with van der Waals surface area (Å²) in [6.07, 6.45) is 7.63. The lowest BCUT2D eigenvalue weighted by Gasteiger charge is -2.37. The third kappa shape index (κ3) is 4.56. The molecule has 1 N–H and O–H groups in total. The monoisotopic (exact) mass is 524 g/mol. The Kier molecular flexibility index (Phi) is 6.37. The summed E-state index contributed by atoms with van der Waals surface area (Å²) < 4.78 is 20.3. The minimum atomic E-state index is -0.269. The summed E-state index contributed by atoms with van der Waals surface area (Å²) in [5, 5.41) is 5.94. The normalized spacial score (nSPS) is 19.4. The molecule has 3 nitrogen and oxygen atoms in total. The van der Waals surface area contributed by atoms with Gasteiger partial charge in [0.25, 0.3) is 0 Å². The number of aliphatic imine (C=N–C) groups is 1. The van der Waals surface area contributed by atoms with Gasteiger partial charge in [-0.2, -0.15) is 0 Å². The quantitative estimate of drug-likeness (QED) is 0.177. The van der Waals surface area contributed by atoms with Crippen molar-refractivity contribution < 1.29 is 9.13 Å². The zero-order valence-corrected chi connectivity index (χ0v) is 22.0. The number of ether oxygens (including phenoxy) is 1. The predicted octanol–water partition coefficient (Wildman–Crippen LogP) is 9.13. The summed E-state index contributed by atoms with van der Waals surface area (Å²) in [5.41, 5.74) is 6.15. The van der Waals surface area contributed by atoms with Crippen molar-refractivity contribution in [3.63, 3.8) is 0 Å². The van der Waals surface area contributed by atoms with Crippen molar-refractivity contribution in [2.45, 2.75) is 25.0 Å². The molecule has 0 saturated carbocycles. The van der Waals surface area contributed by atoms with Crippen LogP contribution in [0.1, 0.15) is 40.6 Å². The molecule has 1 aliphatic heterocycles. The first-order valence-electron chi connectivity index (χ1n) is 13.8. The van der Waals surface area contributed by atoms with Crippen LogP contribution in [-0.4, -0.2) is 6.21 Å². The van der Waals surface area contributed by atoms with Crippen LogP contribution in [0, 0.1) is 11.7 Å². The lowest BCUT2D eigenvalue weighted by molar-refractivity contribution is 0.300. The Labute approximate surface area is 233 Å². The molecular weight excluding hydrogens is 495 g/mol. The minimum absolute atomic E-state index is 0.148. The van der Waals surface area contributed by atoms with E-state index in [1.54, 1.807) is 12.1 Å². The van der Waals surface area contributed by atoms with Crippen molar-refractivity contribution >= 4 is 28.4 Å². The Bertz CT molecular complexity index is 1740. The van der Waals surface area contributed by atoms with Gasteiger partial charge in [-0.05, 0) is 64.6 Å². The molecule has 3 atom stereocenters. The molecule has 0 radical (unpaired) electrons. The van der Waals surface area contributed by atoms with E-state index in [-0.39, 0.29) is 18.5 Å². The Morgan fingerprint density at radius 1 is 0.850 bits per heavy atom. The fraction of sp³-hybridized carbons (Fsp3) is 0.139. The Balaban J connectivity index is 1.16. The number of para-hydroxylation sites is 1. The van der Waals surface area contributed by atoms with Crippen LogP contribution in [0.25, 0.3) is 10.8 Å². The number of hydrogen-bond acceptors (Lipinski definition) is 3. The van der Waals surface area contributed by atoms with Gasteiger partial charge in [-0.1, -0.05) is 91.0 Å². The van der Waals surface area contributed by atoms with E-state index in [0.29, 0.717) is 23.1 Å². The van der Waals surface area contributed by atoms with Crippen LogP contribution < -0.4 is 10.1 Å². The molecule has 0 bridgehead atoms. The summed E-state index contributed by atoms with van der Waals surface area (Å²) >= 11 is 0. The largest absolute Gasteiger partial charge is 0.488 e. The molecule has 40 heavy (non-hydrogen) atoms. The highest BCUT2D eigenvalue weighted by molar-refractivity contribution is 6.03. The van der Waals surface area contributed by atoms with Crippen LogP contribution in [0.4, 0.5) is 15.8 Å². The molecule has 0 saturated heterocycles. The topological polar surface area (TPSA) is 33.6 Å². The van der Waals surface area contributed by atoms with Crippen LogP contribution in [0.3, 0.4) is 0 Å². The van der Waals surface area contributed by atoms with Gasteiger partial charge in [0.1, 0.15) is 18.2 Å². The van der Waals surface area contributed by atoms with Gasteiger partial charge >= 0.3 is 0 Å². The van der Waals surface area contributed by atoms with E-state index in [1.807, 2.05) is 36.5 Å². The van der Waals surface area contributed by atoms with E-state index in [4.69, 9.17) is 9.73 Å². The van der Waals surface area contributed by atoms with Crippen LogP contribution in [0.5, 0.6) is 5.75 Å². The van der Waals surface area contributed by atoms with Gasteiger partial charge in [0.15, 0.2) is 0 Å². The van der Waals surface area contributed by atoms with Crippen LogP contribution in [0.2, 0.25) is 0 Å². The smallest absolute Gasteiger partial charge is 0.129 e.